The van der Waals surface area contributed by atoms with Crippen molar-refractivity contribution in [1.29, 1.82) is 0 Å². The summed E-state index contributed by atoms with van der Waals surface area (Å²) in [6.45, 7) is 1.40. The van der Waals surface area contributed by atoms with Gasteiger partial charge in [-0.25, -0.2) is 4.98 Å². The first-order chi connectivity index (χ1) is 10.5. The minimum absolute atomic E-state index is 0. The molecule has 0 spiro atoms. The molecule has 0 atom stereocenters. The zero-order valence-electron chi connectivity index (χ0n) is 12.3. The van der Waals surface area contributed by atoms with E-state index in [2.05, 4.69) is 4.98 Å². The fraction of sp³-hybridized carbons (Fsp3) is 0.467. The maximum atomic E-state index is 13.2. The second kappa shape index (κ2) is 6.78. The third-order valence-corrected chi connectivity index (χ3v) is 3.95. The second-order valence-electron chi connectivity index (χ2n) is 5.43. The highest BCUT2D eigenvalue weighted by Crippen LogP contribution is 2.33. The van der Waals surface area contributed by atoms with E-state index in [0.29, 0.717) is 18.5 Å². The molecule has 1 saturated heterocycles. The van der Waals surface area contributed by atoms with Gasteiger partial charge in [-0.05, 0) is 31.0 Å². The Morgan fingerprint density at radius 3 is 2.61 bits per heavy atom. The maximum absolute atomic E-state index is 13.2. The topological polar surface area (TPSA) is 38.1 Å². The molecule has 1 aliphatic rings. The lowest BCUT2D eigenvalue weighted by atomic mass is 10.3. The van der Waals surface area contributed by atoms with Gasteiger partial charge in [-0.1, -0.05) is 0 Å². The zero-order valence-corrected chi connectivity index (χ0v) is 13.2. The molecule has 0 N–H and O–H groups in total. The number of aryl methyl sites for hydroxylation is 1. The number of hydrogen-bond acceptors (Lipinski definition) is 2. The molecule has 3 rings (SSSR count). The first-order valence-corrected chi connectivity index (χ1v) is 7.26. The van der Waals surface area contributed by atoms with Crippen LogP contribution in [0.25, 0.3) is 11.0 Å². The normalized spacial score (nSPS) is 15.0. The molecule has 0 aromatic carbocycles. The van der Waals surface area contributed by atoms with Crippen LogP contribution in [-0.4, -0.2) is 33.4 Å². The Balaban J connectivity index is 0.00000192. The van der Waals surface area contributed by atoms with Gasteiger partial charge in [0.2, 0.25) is 5.91 Å². The van der Waals surface area contributed by atoms with Crippen LogP contribution in [0.1, 0.15) is 25.0 Å². The van der Waals surface area contributed by atoms with E-state index in [-0.39, 0.29) is 36.9 Å². The van der Waals surface area contributed by atoms with Crippen LogP contribution in [0.2, 0.25) is 0 Å². The average molecular weight is 348 g/mol. The Labute approximate surface area is 137 Å². The molecular formula is C15H17ClF3N3O. The van der Waals surface area contributed by atoms with Crippen LogP contribution in [0.4, 0.5) is 13.2 Å². The molecule has 126 valence electrons. The van der Waals surface area contributed by atoms with Crippen LogP contribution in [0, 0.1) is 0 Å². The van der Waals surface area contributed by atoms with Gasteiger partial charge in [0, 0.05) is 37.6 Å². The van der Waals surface area contributed by atoms with Crippen molar-refractivity contribution in [3.8, 4) is 0 Å². The van der Waals surface area contributed by atoms with Crippen molar-refractivity contribution in [1.82, 2.24) is 14.5 Å². The summed E-state index contributed by atoms with van der Waals surface area (Å²) in [6, 6.07) is 4.28. The Morgan fingerprint density at radius 2 is 1.96 bits per heavy atom. The number of aromatic nitrogens is 2. The molecular weight excluding hydrogens is 331 g/mol. The maximum Gasteiger partial charge on any atom is 0.431 e. The minimum atomic E-state index is -4.46. The van der Waals surface area contributed by atoms with Gasteiger partial charge in [0.05, 0.1) is 0 Å². The molecule has 23 heavy (non-hydrogen) atoms. The van der Waals surface area contributed by atoms with Crippen molar-refractivity contribution in [3.63, 3.8) is 0 Å². The summed E-state index contributed by atoms with van der Waals surface area (Å²) < 4.78 is 40.6. The monoisotopic (exact) mass is 347 g/mol. The number of carbonyl (C=O) groups excluding carboxylic acids is 1. The predicted octanol–water partition coefficient (Wildman–Crippen LogP) is 3.49. The largest absolute Gasteiger partial charge is 0.431 e. The lowest BCUT2D eigenvalue weighted by Crippen LogP contribution is -2.28. The molecule has 0 radical (unpaired) electrons. The van der Waals surface area contributed by atoms with Crippen molar-refractivity contribution < 1.29 is 18.0 Å². The highest BCUT2D eigenvalue weighted by atomic mass is 35.5. The first-order valence-electron chi connectivity index (χ1n) is 7.26. The molecule has 8 heteroatoms. The Morgan fingerprint density at radius 1 is 1.26 bits per heavy atom. The van der Waals surface area contributed by atoms with Gasteiger partial charge in [0.25, 0.3) is 0 Å². The molecule has 0 bridgehead atoms. The molecule has 1 amide bonds. The van der Waals surface area contributed by atoms with E-state index in [1.54, 1.807) is 17.0 Å². The first kappa shape index (κ1) is 17.6. The number of carbonyl (C=O) groups is 1. The molecule has 2 aromatic rings. The van der Waals surface area contributed by atoms with E-state index in [4.69, 9.17) is 0 Å². The van der Waals surface area contributed by atoms with Crippen LogP contribution in [0.3, 0.4) is 0 Å². The molecule has 0 saturated carbocycles. The number of amides is 1. The second-order valence-corrected chi connectivity index (χ2v) is 5.43. The van der Waals surface area contributed by atoms with Crippen LogP contribution >= 0.6 is 12.4 Å². The smallest absolute Gasteiger partial charge is 0.343 e. The van der Waals surface area contributed by atoms with Gasteiger partial charge >= 0.3 is 6.18 Å². The quantitative estimate of drug-likeness (QED) is 0.852. The van der Waals surface area contributed by atoms with Gasteiger partial charge in [-0.3, -0.25) is 4.79 Å². The zero-order chi connectivity index (χ0) is 15.7. The summed E-state index contributed by atoms with van der Waals surface area (Å²) in [7, 11) is 0. The van der Waals surface area contributed by atoms with Crippen molar-refractivity contribution in [3.05, 3.63) is 30.1 Å². The predicted molar refractivity (Wildman–Crippen MR) is 82.4 cm³/mol. The number of likely N-dealkylation sites (tertiary alicyclic amines) is 1. The van der Waals surface area contributed by atoms with Crippen LogP contribution < -0.4 is 0 Å². The minimum Gasteiger partial charge on any atom is -0.343 e. The van der Waals surface area contributed by atoms with E-state index in [0.717, 1.165) is 23.5 Å². The number of hydrogen-bond donors (Lipinski definition) is 0. The van der Waals surface area contributed by atoms with E-state index in [9.17, 15) is 18.0 Å². The summed E-state index contributed by atoms with van der Waals surface area (Å²) in [5, 5.41) is 0.434. The van der Waals surface area contributed by atoms with Crippen molar-refractivity contribution in [2.75, 3.05) is 13.1 Å². The van der Waals surface area contributed by atoms with Crippen LogP contribution in [0.15, 0.2) is 24.4 Å². The van der Waals surface area contributed by atoms with E-state index in [1.807, 2.05) is 0 Å². The molecule has 1 aliphatic heterocycles. The van der Waals surface area contributed by atoms with Crippen LogP contribution in [0.5, 0.6) is 0 Å². The summed E-state index contributed by atoms with van der Waals surface area (Å²) in [6.07, 6.45) is -1.01. The summed E-state index contributed by atoms with van der Waals surface area (Å²) in [5.41, 5.74) is -0.487. The summed E-state index contributed by atoms with van der Waals surface area (Å²) in [4.78, 5) is 17.8. The Kier molecular flexibility index (Phi) is 5.19. The standard InChI is InChI=1S/C15H16F3N3O.ClH/c16-15(17,18)12-10-11-4-3-6-19-14(11)21(12)9-5-13(22)20-7-1-2-8-20;/h3-4,6,10H,1-2,5,7-9H2;1H. The SMILES string of the molecule is Cl.O=C(CCn1c(C(F)(F)F)cc2cccnc21)N1CCCC1. The third-order valence-electron chi connectivity index (χ3n) is 3.95. The molecule has 0 unspecified atom stereocenters. The highest BCUT2D eigenvalue weighted by Gasteiger charge is 2.35. The number of nitrogens with zero attached hydrogens (tertiary/aromatic N) is 3. The van der Waals surface area contributed by atoms with Gasteiger partial charge in [-0.2, -0.15) is 13.2 Å². The van der Waals surface area contributed by atoms with Gasteiger partial charge in [0.1, 0.15) is 11.3 Å². The summed E-state index contributed by atoms with van der Waals surface area (Å²) in [5.74, 6) is -0.0941. The third kappa shape index (κ3) is 3.60. The summed E-state index contributed by atoms with van der Waals surface area (Å²) >= 11 is 0. The van der Waals surface area contributed by atoms with Gasteiger partial charge in [-0.15, -0.1) is 12.4 Å². The average Bonchev–Trinajstić information content (AvgIpc) is 3.12. The fourth-order valence-electron chi connectivity index (χ4n) is 2.88. The molecule has 0 aliphatic carbocycles. The van der Waals surface area contributed by atoms with Gasteiger partial charge in [0.15, 0.2) is 0 Å². The number of pyridine rings is 1. The van der Waals surface area contributed by atoms with Crippen molar-refractivity contribution in [2.45, 2.75) is 32.0 Å². The van der Waals surface area contributed by atoms with Gasteiger partial charge < -0.3 is 9.47 Å². The highest BCUT2D eigenvalue weighted by molar-refractivity contribution is 5.85. The van der Waals surface area contributed by atoms with Crippen molar-refractivity contribution in [2.24, 2.45) is 0 Å². The van der Waals surface area contributed by atoms with E-state index in [1.165, 1.54) is 6.20 Å². The Hall–Kier alpha value is -1.76. The van der Waals surface area contributed by atoms with E-state index >= 15 is 0 Å². The fourth-order valence-corrected chi connectivity index (χ4v) is 2.88. The Bertz CT molecular complexity index is 693. The number of alkyl halides is 3. The van der Waals surface area contributed by atoms with E-state index < -0.39 is 11.9 Å². The lowest BCUT2D eigenvalue weighted by molar-refractivity contribution is -0.144. The molecule has 3 heterocycles. The van der Waals surface area contributed by atoms with Crippen LogP contribution in [-0.2, 0) is 17.5 Å². The van der Waals surface area contributed by atoms with Crippen molar-refractivity contribution >= 4 is 29.3 Å². The molecule has 4 nitrogen and oxygen atoms in total. The number of rotatable bonds is 3. The number of fused-ring (bicyclic) bond motifs is 1. The lowest BCUT2D eigenvalue weighted by Gasteiger charge is -2.17. The molecule has 2 aromatic heterocycles. The molecule has 1 fully saturated rings. The number of halogens is 4.